The molecule has 4 nitrogen and oxygen atoms in total. The van der Waals surface area contributed by atoms with Gasteiger partial charge in [-0.2, -0.15) is 0 Å². The Bertz CT molecular complexity index is 240. The quantitative estimate of drug-likeness (QED) is 0.604. The molecule has 0 saturated heterocycles. The molecule has 0 aliphatic carbocycles. The van der Waals surface area contributed by atoms with Gasteiger partial charge in [-0.15, -0.1) is 0 Å². The second kappa shape index (κ2) is 9.16. The number of amides is 1. The minimum atomic E-state index is -0.332. The van der Waals surface area contributed by atoms with Crippen LogP contribution in [0.2, 0.25) is 0 Å². The zero-order valence-corrected chi connectivity index (χ0v) is 11.3. The van der Waals surface area contributed by atoms with Crippen LogP contribution < -0.4 is 11.1 Å². The Balaban J connectivity index is 3.98. The van der Waals surface area contributed by atoms with Crippen molar-refractivity contribution in [3.05, 3.63) is 0 Å². The van der Waals surface area contributed by atoms with E-state index in [1.165, 1.54) is 6.92 Å². The van der Waals surface area contributed by atoms with Gasteiger partial charge in [0, 0.05) is 6.42 Å². The van der Waals surface area contributed by atoms with Crippen molar-refractivity contribution in [2.75, 3.05) is 6.54 Å². The van der Waals surface area contributed by atoms with Crippen molar-refractivity contribution in [1.29, 1.82) is 0 Å². The standard InChI is InChI=1S/C13H26N2O2/c1-10(2)7-8-13(17)15-12(11(3)16)6-4-5-9-14/h10,12H,4-9,14H2,1-3H3,(H,15,17)/t12-/m0/s1. The van der Waals surface area contributed by atoms with Gasteiger partial charge in [0.05, 0.1) is 6.04 Å². The number of nitrogens with two attached hydrogens (primary N) is 1. The Kier molecular flexibility index (Phi) is 8.68. The molecular formula is C13H26N2O2. The summed E-state index contributed by atoms with van der Waals surface area (Å²) >= 11 is 0. The smallest absolute Gasteiger partial charge is 0.220 e. The molecule has 3 N–H and O–H groups in total. The van der Waals surface area contributed by atoms with E-state index in [1.54, 1.807) is 0 Å². The van der Waals surface area contributed by atoms with Crippen LogP contribution in [0.3, 0.4) is 0 Å². The first-order valence-electron chi connectivity index (χ1n) is 6.47. The van der Waals surface area contributed by atoms with Crippen LogP contribution >= 0.6 is 0 Å². The second-order valence-corrected chi connectivity index (χ2v) is 4.95. The van der Waals surface area contributed by atoms with Gasteiger partial charge in [-0.25, -0.2) is 0 Å². The maximum Gasteiger partial charge on any atom is 0.220 e. The van der Waals surface area contributed by atoms with Crippen LogP contribution in [-0.4, -0.2) is 24.3 Å². The van der Waals surface area contributed by atoms with Gasteiger partial charge in [0.25, 0.3) is 0 Å². The van der Waals surface area contributed by atoms with E-state index < -0.39 is 0 Å². The van der Waals surface area contributed by atoms with Crippen LogP contribution in [0.5, 0.6) is 0 Å². The molecule has 0 unspecified atom stereocenters. The third-order valence-electron chi connectivity index (χ3n) is 2.72. The number of Topliss-reactive ketones (excluding diaryl/α,β-unsaturated/α-hetero) is 1. The molecule has 17 heavy (non-hydrogen) atoms. The van der Waals surface area contributed by atoms with Gasteiger partial charge >= 0.3 is 0 Å². The van der Waals surface area contributed by atoms with Crippen molar-refractivity contribution in [2.24, 2.45) is 11.7 Å². The van der Waals surface area contributed by atoms with E-state index in [9.17, 15) is 9.59 Å². The summed E-state index contributed by atoms with van der Waals surface area (Å²) in [5.74, 6) is 0.514. The summed E-state index contributed by atoms with van der Waals surface area (Å²) in [5, 5.41) is 2.80. The van der Waals surface area contributed by atoms with Crippen LogP contribution in [0.4, 0.5) is 0 Å². The Morgan fingerprint density at radius 2 is 1.82 bits per heavy atom. The number of carbonyl (C=O) groups excluding carboxylic acids is 2. The van der Waals surface area contributed by atoms with E-state index in [0.717, 1.165) is 19.3 Å². The van der Waals surface area contributed by atoms with Gasteiger partial charge in [-0.1, -0.05) is 13.8 Å². The monoisotopic (exact) mass is 242 g/mol. The zero-order chi connectivity index (χ0) is 13.3. The van der Waals surface area contributed by atoms with Crippen molar-refractivity contribution >= 4 is 11.7 Å². The maximum atomic E-state index is 11.6. The lowest BCUT2D eigenvalue weighted by molar-refractivity contribution is -0.127. The molecule has 0 aliphatic rings. The highest BCUT2D eigenvalue weighted by Crippen LogP contribution is 2.05. The van der Waals surface area contributed by atoms with E-state index in [0.29, 0.717) is 25.3 Å². The van der Waals surface area contributed by atoms with Crippen molar-refractivity contribution in [2.45, 2.75) is 58.9 Å². The molecule has 0 aliphatic heterocycles. The number of hydrogen-bond donors (Lipinski definition) is 2. The summed E-state index contributed by atoms with van der Waals surface area (Å²) in [6, 6.07) is -0.332. The summed E-state index contributed by atoms with van der Waals surface area (Å²) in [6.07, 6.45) is 3.83. The zero-order valence-electron chi connectivity index (χ0n) is 11.3. The first-order chi connectivity index (χ1) is 7.97. The molecule has 0 heterocycles. The van der Waals surface area contributed by atoms with E-state index in [2.05, 4.69) is 19.2 Å². The Morgan fingerprint density at radius 3 is 2.29 bits per heavy atom. The number of unbranched alkanes of at least 4 members (excludes halogenated alkanes) is 1. The molecule has 0 rings (SSSR count). The fourth-order valence-corrected chi connectivity index (χ4v) is 1.56. The van der Waals surface area contributed by atoms with E-state index in [1.807, 2.05) is 0 Å². The molecule has 0 spiro atoms. The maximum absolute atomic E-state index is 11.6. The lowest BCUT2D eigenvalue weighted by Gasteiger charge is -2.16. The van der Waals surface area contributed by atoms with Gasteiger partial charge in [0.15, 0.2) is 5.78 Å². The van der Waals surface area contributed by atoms with Crippen LogP contribution in [0.15, 0.2) is 0 Å². The molecule has 0 saturated carbocycles. The second-order valence-electron chi connectivity index (χ2n) is 4.95. The highest BCUT2D eigenvalue weighted by Gasteiger charge is 2.16. The Morgan fingerprint density at radius 1 is 1.18 bits per heavy atom. The molecule has 0 aromatic heterocycles. The lowest BCUT2D eigenvalue weighted by atomic mass is 10.0. The van der Waals surface area contributed by atoms with Gasteiger partial charge in [-0.05, 0) is 45.1 Å². The Hall–Kier alpha value is -0.900. The largest absolute Gasteiger partial charge is 0.346 e. The van der Waals surface area contributed by atoms with Crippen molar-refractivity contribution in [3.63, 3.8) is 0 Å². The van der Waals surface area contributed by atoms with Crippen LogP contribution in [0.1, 0.15) is 52.9 Å². The summed E-state index contributed by atoms with van der Waals surface area (Å²) in [6.45, 7) is 6.32. The molecular weight excluding hydrogens is 216 g/mol. The number of rotatable bonds is 9. The average molecular weight is 242 g/mol. The first kappa shape index (κ1) is 16.1. The predicted octanol–water partition coefficient (Wildman–Crippen LogP) is 1.63. The molecule has 0 radical (unpaired) electrons. The average Bonchev–Trinajstić information content (AvgIpc) is 2.25. The Labute approximate surface area is 104 Å². The van der Waals surface area contributed by atoms with Crippen molar-refractivity contribution in [1.82, 2.24) is 5.32 Å². The summed E-state index contributed by atoms with van der Waals surface area (Å²) in [7, 11) is 0. The molecule has 0 aromatic rings. The fraction of sp³-hybridized carbons (Fsp3) is 0.846. The molecule has 0 fully saturated rings. The van der Waals surface area contributed by atoms with E-state index in [-0.39, 0.29) is 17.7 Å². The highest BCUT2D eigenvalue weighted by molar-refractivity contribution is 5.87. The van der Waals surface area contributed by atoms with Gasteiger partial charge in [0.2, 0.25) is 5.91 Å². The molecule has 0 bridgehead atoms. The molecule has 1 atom stereocenters. The van der Waals surface area contributed by atoms with Crippen molar-refractivity contribution in [3.8, 4) is 0 Å². The molecule has 100 valence electrons. The number of ketones is 1. The number of nitrogens with one attached hydrogen (secondary N) is 1. The summed E-state index contributed by atoms with van der Waals surface area (Å²) in [5.41, 5.74) is 5.40. The number of carbonyl (C=O) groups is 2. The lowest BCUT2D eigenvalue weighted by Crippen LogP contribution is -2.39. The normalized spacial score (nSPS) is 12.5. The van der Waals surface area contributed by atoms with Crippen LogP contribution in [-0.2, 0) is 9.59 Å². The molecule has 1 amide bonds. The predicted molar refractivity (Wildman–Crippen MR) is 69.6 cm³/mol. The van der Waals surface area contributed by atoms with Crippen LogP contribution in [0.25, 0.3) is 0 Å². The minimum absolute atomic E-state index is 0.0216. The van der Waals surface area contributed by atoms with Gasteiger partial charge < -0.3 is 11.1 Å². The first-order valence-corrected chi connectivity index (χ1v) is 6.47. The summed E-state index contributed by atoms with van der Waals surface area (Å²) in [4.78, 5) is 23.0. The third-order valence-corrected chi connectivity index (χ3v) is 2.72. The van der Waals surface area contributed by atoms with Crippen molar-refractivity contribution < 1.29 is 9.59 Å². The minimum Gasteiger partial charge on any atom is -0.346 e. The molecule has 4 heteroatoms. The van der Waals surface area contributed by atoms with E-state index >= 15 is 0 Å². The molecule has 0 aromatic carbocycles. The topological polar surface area (TPSA) is 72.2 Å². The third kappa shape index (κ3) is 8.86. The van der Waals surface area contributed by atoms with Gasteiger partial charge in [0.1, 0.15) is 0 Å². The summed E-state index contributed by atoms with van der Waals surface area (Å²) < 4.78 is 0. The highest BCUT2D eigenvalue weighted by atomic mass is 16.2. The SMILES string of the molecule is CC(=O)[C@H](CCCCN)NC(=O)CCC(C)C. The number of hydrogen-bond acceptors (Lipinski definition) is 3. The van der Waals surface area contributed by atoms with Crippen LogP contribution in [0, 0.1) is 5.92 Å². The van der Waals surface area contributed by atoms with E-state index in [4.69, 9.17) is 5.73 Å². The fourth-order valence-electron chi connectivity index (χ4n) is 1.56. The van der Waals surface area contributed by atoms with Gasteiger partial charge in [-0.3, -0.25) is 9.59 Å².